The zero-order valence-corrected chi connectivity index (χ0v) is 13.0. The third kappa shape index (κ3) is 6.23. The fraction of sp³-hybridized carbons (Fsp3) is 0.417. The van der Waals surface area contributed by atoms with Crippen molar-refractivity contribution in [2.45, 2.75) is 20.0 Å². The average Bonchev–Trinajstić information content (AvgIpc) is 2.14. The number of hydrogen-bond donors (Lipinski definition) is 2. The van der Waals surface area contributed by atoms with E-state index in [0.717, 1.165) is 15.9 Å². The molecule has 0 unspecified atom stereocenters. The summed E-state index contributed by atoms with van der Waals surface area (Å²) in [5.41, 5.74) is 0.718. The number of carbonyl (C=O) groups excluding carboxylic acids is 1. The normalized spacial score (nSPS) is 9.83. The molecule has 0 aromatic heterocycles. The van der Waals surface area contributed by atoms with Gasteiger partial charge in [-0.25, -0.2) is 0 Å². The van der Waals surface area contributed by atoms with Crippen molar-refractivity contribution in [3.05, 3.63) is 22.7 Å². The largest absolute Gasteiger partial charge is 0.491 e. The number of likely N-dealkylation sites (N-methyl/N-ethyl adjacent to an activating group) is 1. The highest BCUT2D eigenvalue weighted by molar-refractivity contribution is 9.10. The Hall–Kier alpha value is -0.780. The number of halogens is 2. The Morgan fingerprint density at radius 3 is 2.61 bits per heavy atom. The first kappa shape index (κ1) is 17.2. The van der Waals surface area contributed by atoms with Crippen molar-refractivity contribution < 1.29 is 9.53 Å². The minimum absolute atomic E-state index is 0. The molecule has 0 heterocycles. The molecule has 1 amide bonds. The molecule has 102 valence electrons. The Morgan fingerprint density at radius 2 is 2.06 bits per heavy atom. The van der Waals surface area contributed by atoms with Gasteiger partial charge in [-0.2, -0.15) is 0 Å². The summed E-state index contributed by atoms with van der Waals surface area (Å²) >= 11 is 3.38. The van der Waals surface area contributed by atoms with E-state index in [4.69, 9.17) is 4.74 Å². The van der Waals surface area contributed by atoms with Gasteiger partial charge >= 0.3 is 0 Å². The molecule has 6 heteroatoms. The molecule has 0 saturated carbocycles. The van der Waals surface area contributed by atoms with Gasteiger partial charge in [0, 0.05) is 16.2 Å². The highest BCUT2D eigenvalue weighted by Crippen LogP contribution is 2.25. The summed E-state index contributed by atoms with van der Waals surface area (Å²) in [6.07, 6.45) is 0.102. The summed E-state index contributed by atoms with van der Waals surface area (Å²) in [5, 5.41) is 5.58. The van der Waals surface area contributed by atoms with Crippen molar-refractivity contribution >= 4 is 39.9 Å². The van der Waals surface area contributed by atoms with Crippen LogP contribution < -0.4 is 15.4 Å². The molecule has 1 aromatic carbocycles. The lowest BCUT2D eigenvalue weighted by Crippen LogP contribution is -2.25. The van der Waals surface area contributed by atoms with Crippen LogP contribution in [0.1, 0.15) is 13.8 Å². The Labute approximate surface area is 122 Å². The highest BCUT2D eigenvalue weighted by Gasteiger charge is 2.05. The van der Waals surface area contributed by atoms with E-state index in [9.17, 15) is 4.79 Å². The van der Waals surface area contributed by atoms with Crippen molar-refractivity contribution in [3.63, 3.8) is 0 Å². The van der Waals surface area contributed by atoms with Gasteiger partial charge in [-0.1, -0.05) is 15.9 Å². The monoisotopic (exact) mass is 336 g/mol. The van der Waals surface area contributed by atoms with Crippen LogP contribution in [-0.2, 0) is 4.79 Å². The van der Waals surface area contributed by atoms with Gasteiger partial charge in [-0.05, 0) is 33.0 Å². The molecule has 0 spiro atoms. The van der Waals surface area contributed by atoms with Crippen LogP contribution in [0.15, 0.2) is 22.7 Å². The first-order valence-electron chi connectivity index (χ1n) is 5.43. The van der Waals surface area contributed by atoms with E-state index in [1.54, 1.807) is 13.1 Å². The van der Waals surface area contributed by atoms with Crippen LogP contribution >= 0.6 is 28.3 Å². The lowest BCUT2D eigenvalue weighted by molar-refractivity contribution is -0.115. The molecule has 0 atom stereocenters. The molecule has 0 aliphatic rings. The maximum absolute atomic E-state index is 11.4. The van der Waals surface area contributed by atoms with Gasteiger partial charge in [0.15, 0.2) is 0 Å². The molecule has 0 radical (unpaired) electrons. The summed E-state index contributed by atoms with van der Waals surface area (Å²) in [6.45, 7) is 4.20. The predicted octanol–water partition coefficient (Wildman–Crippen LogP) is 2.82. The van der Waals surface area contributed by atoms with Crippen molar-refractivity contribution in [1.29, 1.82) is 0 Å². The zero-order chi connectivity index (χ0) is 12.8. The zero-order valence-electron chi connectivity index (χ0n) is 10.6. The SMILES string of the molecule is CNCC(=O)Nc1cc(Br)cc(OC(C)C)c1.Cl. The molecule has 1 aromatic rings. The minimum atomic E-state index is -0.0823. The van der Waals surface area contributed by atoms with E-state index >= 15 is 0 Å². The van der Waals surface area contributed by atoms with E-state index in [0.29, 0.717) is 0 Å². The van der Waals surface area contributed by atoms with Gasteiger partial charge in [0.1, 0.15) is 5.75 Å². The van der Waals surface area contributed by atoms with E-state index in [-0.39, 0.29) is 31.0 Å². The minimum Gasteiger partial charge on any atom is -0.491 e. The maximum Gasteiger partial charge on any atom is 0.238 e. The third-order valence-electron chi connectivity index (χ3n) is 1.86. The number of ether oxygens (including phenoxy) is 1. The van der Waals surface area contributed by atoms with Crippen molar-refractivity contribution in [2.75, 3.05) is 18.9 Å². The van der Waals surface area contributed by atoms with Gasteiger partial charge in [-0.15, -0.1) is 12.4 Å². The van der Waals surface area contributed by atoms with Crippen molar-refractivity contribution in [1.82, 2.24) is 5.32 Å². The summed E-state index contributed by atoms with van der Waals surface area (Å²) < 4.78 is 6.45. The number of hydrogen-bond acceptors (Lipinski definition) is 3. The molecule has 2 N–H and O–H groups in total. The molecular weight excluding hydrogens is 320 g/mol. The van der Waals surface area contributed by atoms with Gasteiger partial charge in [0.05, 0.1) is 12.6 Å². The lowest BCUT2D eigenvalue weighted by atomic mass is 10.3. The van der Waals surface area contributed by atoms with Crippen LogP contribution in [0.25, 0.3) is 0 Å². The summed E-state index contributed by atoms with van der Waals surface area (Å²) in [7, 11) is 1.73. The van der Waals surface area contributed by atoms with Crippen LogP contribution in [-0.4, -0.2) is 25.6 Å². The van der Waals surface area contributed by atoms with Crippen LogP contribution in [0.3, 0.4) is 0 Å². The number of rotatable bonds is 5. The molecule has 0 fully saturated rings. The number of nitrogens with one attached hydrogen (secondary N) is 2. The van der Waals surface area contributed by atoms with E-state index in [1.165, 1.54) is 0 Å². The topological polar surface area (TPSA) is 50.4 Å². The Morgan fingerprint density at radius 1 is 1.39 bits per heavy atom. The van der Waals surface area contributed by atoms with Crippen LogP contribution in [0.2, 0.25) is 0 Å². The van der Waals surface area contributed by atoms with E-state index in [2.05, 4.69) is 26.6 Å². The van der Waals surface area contributed by atoms with E-state index in [1.807, 2.05) is 26.0 Å². The third-order valence-corrected chi connectivity index (χ3v) is 2.32. The second-order valence-electron chi connectivity index (χ2n) is 3.92. The lowest BCUT2D eigenvalue weighted by Gasteiger charge is -2.12. The smallest absolute Gasteiger partial charge is 0.238 e. The maximum atomic E-state index is 11.4. The van der Waals surface area contributed by atoms with Gasteiger partial charge in [0.25, 0.3) is 0 Å². The molecular formula is C12H18BrClN2O2. The average molecular weight is 338 g/mol. The van der Waals surface area contributed by atoms with Crippen LogP contribution in [0.4, 0.5) is 5.69 Å². The standard InChI is InChI=1S/C12H17BrN2O2.ClH/c1-8(2)17-11-5-9(13)4-10(6-11)15-12(16)7-14-3;/h4-6,8,14H,7H2,1-3H3,(H,15,16);1H. The van der Waals surface area contributed by atoms with Gasteiger partial charge in [0.2, 0.25) is 5.91 Å². The van der Waals surface area contributed by atoms with Crippen molar-refractivity contribution in [2.24, 2.45) is 0 Å². The Bertz CT molecular complexity index is 400. The second kappa shape index (κ2) is 8.34. The van der Waals surface area contributed by atoms with Crippen LogP contribution in [0.5, 0.6) is 5.75 Å². The predicted molar refractivity (Wildman–Crippen MR) is 79.7 cm³/mol. The quantitative estimate of drug-likeness (QED) is 0.868. The Balaban J connectivity index is 0.00000289. The summed E-state index contributed by atoms with van der Waals surface area (Å²) in [6, 6.07) is 5.51. The first-order chi connectivity index (χ1) is 8.01. The molecule has 18 heavy (non-hydrogen) atoms. The molecule has 0 aliphatic carbocycles. The number of anilines is 1. The fourth-order valence-electron chi connectivity index (χ4n) is 1.34. The van der Waals surface area contributed by atoms with Crippen molar-refractivity contribution in [3.8, 4) is 5.75 Å². The molecule has 1 rings (SSSR count). The summed E-state index contributed by atoms with van der Waals surface area (Å²) in [4.78, 5) is 11.4. The number of amides is 1. The fourth-order valence-corrected chi connectivity index (χ4v) is 1.81. The number of carbonyl (C=O) groups is 1. The molecule has 0 bridgehead atoms. The molecule has 0 saturated heterocycles. The first-order valence-corrected chi connectivity index (χ1v) is 6.22. The van der Waals surface area contributed by atoms with Gasteiger partial charge < -0.3 is 15.4 Å². The van der Waals surface area contributed by atoms with E-state index < -0.39 is 0 Å². The molecule has 0 aliphatic heterocycles. The molecule has 4 nitrogen and oxygen atoms in total. The second-order valence-corrected chi connectivity index (χ2v) is 4.84. The van der Waals surface area contributed by atoms with Gasteiger partial charge in [-0.3, -0.25) is 4.79 Å². The van der Waals surface area contributed by atoms with Crippen LogP contribution in [0, 0.1) is 0 Å². The Kier molecular flexibility index (Phi) is 7.98. The number of benzene rings is 1. The highest BCUT2D eigenvalue weighted by atomic mass is 79.9. The summed E-state index contributed by atoms with van der Waals surface area (Å²) in [5.74, 6) is 0.648.